The highest BCUT2D eigenvalue weighted by Crippen LogP contribution is 2.38. The van der Waals surface area contributed by atoms with Crippen molar-refractivity contribution in [3.63, 3.8) is 0 Å². The molecule has 1 aromatic rings. The van der Waals surface area contributed by atoms with Crippen LogP contribution in [0, 0.1) is 17.2 Å². The molecule has 1 aromatic heterocycles. The largest absolute Gasteiger partial charge is 0.384 e. The molecule has 17 heavy (non-hydrogen) atoms. The van der Waals surface area contributed by atoms with Crippen LogP contribution in [0.4, 0.5) is 0 Å². The summed E-state index contributed by atoms with van der Waals surface area (Å²) in [4.78, 5) is 4.25. The van der Waals surface area contributed by atoms with Gasteiger partial charge >= 0.3 is 0 Å². The number of nitriles is 1. The van der Waals surface area contributed by atoms with Crippen molar-refractivity contribution in [2.24, 2.45) is 5.92 Å². The molecule has 1 aliphatic rings. The van der Waals surface area contributed by atoms with E-state index < -0.39 is 5.60 Å². The van der Waals surface area contributed by atoms with Gasteiger partial charge in [-0.1, -0.05) is 18.9 Å². The number of rotatable bonds is 4. The number of hydrogen-bond acceptors (Lipinski definition) is 3. The summed E-state index contributed by atoms with van der Waals surface area (Å²) in [6, 6.07) is 6.07. The Hall–Kier alpha value is -1.40. The first-order chi connectivity index (χ1) is 8.00. The lowest BCUT2D eigenvalue weighted by atomic mass is 9.95. The second-order valence-electron chi connectivity index (χ2n) is 5.40. The number of pyridine rings is 1. The molecule has 1 unspecified atom stereocenters. The van der Waals surface area contributed by atoms with Crippen LogP contribution in [-0.4, -0.2) is 10.1 Å². The Morgan fingerprint density at radius 3 is 2.65 bits per heavy atom. The van der Waals surface area contributed by atoms with Gasteiger partial charge in [-0.25, -0.2) is 0 Å². The minimum atomic E-state index is -0.919. The first-order valence-electron chi connectivity index (χ1n) is 6.09. The van der Waals surface area contributed by atoms with E-state index in [4.69, 9.17) is 5.26 Å². The van der Waals surface area contributed by atoms with Gasteiger partial charge in [0.2, 0.25) is 0 Å². The molecule has 0 bridgehead atoms. The fourth-order valence-corrected chi connectivity index (χ4v) is 1.92. The van der Waals surface area contributed by atoms with Crippen molar-refractivity contribution in [2.45, 2.75) is 44.6 Å². The van der Waals surface area contributed by atoms with E-state index in [1.165, 1.54) is 12.8 Å². The first kappa shape index (κ1) is 12.1. The van der Waals surface area contributed by atoms with Gasteiger partial charge in [0.05, 0.1) is 17.7 Å². The maximum Gasteiger partial charge on any atom is 0.101 e. The average Bonchev–Trinajstić information content (AvgIpc) is 3.09. The standard InChI is InChI=1S/C14H18N2O/c1-14(2,17)13-6-5-11(9-16-13)12(8-15)7-10-3-4-10/h5-6,9-10,12,17H,3-4,7H2,1-2H3. The van der Waals surface area contributed by atoms with Crippen molar-refractivity contribution in [1.82, 2.24) is 4.98 Å². The van der Waals surface area contributed by atoms with E-state index in [0.29, 0.717) is 5.69 Å². The maximum absolute atomic E-state index is 9.80. The quantitative estimate of drug-likeness (QED) is 0.865. The predicted molar refractivity (Wildman–Crippen MR) is 65.2 cm³/mol. The van der Waals surface area contributed by atoms with Crippen LogP contribution in [0.3, 0.4) is 0 Å². The molecule has 1 fully saturated rings. The molecule has 0 radical (unpaired) electrons. The number of hydrogen-bond donors (Lipinski definition) is 1. The van der Waals surface area contributed by atoms with E-state index >= 15 is 0 Å². The molecule has 3 heteroatoms. The Morgan fingerprint density at radius 2 is 2.24 bits per heavy atom. The molecule has 0 aromatic carbocycles. The molecule has 3 nitrogen and oxygen atoms in total. The third kappa shape index (κ3) is 3.04. The molecule has 1 atom stereocenters. The highest BCUT2D eigenvalue weighted by molar-refractivity contribution is 5.25. The monoisotopic (exact) mass is 230 g/mol. The summed E-state index contributed by atoms with van der Waals surface area (Å²) in [7, 11) is 0. The van der Waals surface area contributed by atoms with Gasteiger partial charge in [-0.05, 0) is 37.8 Å². The summed E-state index contributed by atoms with van der Waals surface area (Å²) >= 11 is 0. The van der Waals surface area contributed by atoms with E-state index in [1.54, 1.807) is 20.0 Å². The van der Waals surface area contributed by atoms with Crippen molar-refractivity contribution in [3.05, 3.63) is 29.6 Å². The van der Waals surface area contributed by atoms with Gasteiger partial charge < -0.3 is 5.11 Å². The maximum atomic E-state index is 9.80. The summed E-state index contributed by atoms with van der Waals surface area (Å²) < 4.78 is 0. The van der Waals surface area contributed by atoms with Crippen LogP contribution < -0.4 is 0 Å². The van der Waals surface area contributed by atoms with Crippen LogP contribution in [0.25, 0.3) is 0 Å². The van der Waals surface area contributed by atoms with Gasteiger partial charge in [0.15, 0.2) is 0 Å². The van der Waals surface area contributed by atoms with Crippen molar-refractivity contribution in [2.75, 3.05) is 0 Å². The van der Waals surface area contributed by atoms with Crippen LogP contribution in [0.1, 0.15) is 50.3 Å². The molecule has 1 heterocycles. The van der Waals surface area contributed by atoms with E-state index in [1.807, 2.05) is 12.1 Å². The normalized spacial score (nSPS) is 17.5. The van der Waals surface area contributed by atoms with Crippen LogP contribution >= 0.6 is 0 Å². The van der Waals surface area contributed by atoms with Crippen molar-refractivity contribution < 1.29 is 5.11 Å². The Labute approximate surface area is 102 Å². The van der Waals surface area contributed by atoms with Gasteiger partial charge in [0, 0.05) is 6.20 Å². The average molecular weight is 230 g/mol. The topological polar surface area (TPSA) is 56.9 Å². The Morgan fingerprint density at radius 1 is 1.53 bits per heavy atom. The van der Waals surface area contributed by atoms with E-state index in [9.17, 15) is 5.11 Å². The van der Waals surface area contributed by atoms with Crippen LogP contribution in [-0.2, 0) is 5.60 Å². The van der Waals surface area contributed by atoms with Gasteiger partial charge in [-0.2, -0.15) is 5.26 Å². The first-order valence-corrected chi connectivity index (χ1v) is 6.09. The second kappa shape index (κ2) is 4.46. The molecule has 1 saturated carbocycles. The predicted octanol–water partition coefficient (Wildman–Crippen LogP) is 2.72. The highest BCUT2D eigenvalue weighted by atomic mass is 16.3. The lowest BCUT2D eigenvalue weighted by molar-refractivity contribution is 0.0738. The molecule has 0 amide bonds. The lowest BCUT2D eigenvalue weighted by Gasteiger charge is -2.17. The number of aromatic nitrogens is 1. The van der Waals surface area contributed by atoms with E-state index in [2.05, 4.69) is 11.1 Å². The third-order valence-corrected chi connectivity index (χ3v) is 3.24. The third-order valence-electron chi connectivity index (χ3n) is 3.24. The summed E-state index contributed by atoms with van der Waals surface area (Å²) in [5.41, 5.74) is 0.689. The second-order valence-corrected chi connectivity index (χ2v) is 5.40. The van der Waals surface area contributed by atoms with Crippen LogP contribution in [0.15, 0.2) is 18.3 Å². The smallest absolute Gasteiger partial charge is 0.101 e. The minimum absolute atomic E-state index is 0.0501. The molecule has 2 rings (SSSR count). The molecule has 1 N–H and O–H groups in total. The van der Waals surface area contributed by atoms with E-state index in [0.717, 1.165) is 17.9 Å². The summed E-state index contributed by atoms with van der Waals surface area (Å²) in [6.45, 7) is 3.42. The Bertz CT molecular complexity index is 421. The zero-order chi connectivity index (χ0) is 12.5. The minimum Gasteiger partial charge on any atom is -0.384 e. The summed E-state index contributed by atoms with van der Waals surface area (Å²) in [5.74, 6) is 0.680. The van der Waals surface area contributed by atoms with Crippen molar-refractivity contribution in [1.29, 1.82) is 5.26 Å². The molecule has 1 aliphatic carbocycles. The summed E-state index contributed by atoms with van der Waals surface area (Å²) in [5, 5.41) is 19.0. The Balaban J connectivity index is 2.13. The molecular weight excluding hydrogens is 212 g/mol. The highest BCUT2D eigenvalue weighted by Gasteiger charge is 2.26. The van der Waals surface area contributed by atoms with Crippen molar-refractivity contribution in [3.8, 4) is 6.07 Å². The van der Waals surface area contributed by atoms with Gasteiger partial charge in [0.1, 0.15) is 5.60 Å². The fourth-order valence-electron chi connectivity index (χ4n) is 1.92. The molecule has 0 saturated heterocycles. The fraction of sp³-hybridized carbons (Fsp3) is 0.571. The number of aliphatic hydroxyl groups is 1. The van der Waals surface area contributed by atoms with Crippen LogP contribution in [0.2, 0.25) is 0 Å². The van der Waals surface area contributed by atoms with Gasteiger partial charge in [0.25, 0.3) is 0 Å². The summed E-state index contributed by atoms with van der Waals surface area (Å²) in [6.07, 6.45) is 5.18. The molecule has 90 valence electrons. The molecule has 0 aliphatic heterocycles. The Kier molecular flexibility index (Phi) is 3.17. The number of nitrogens with zero attached hydrogens (tertiary/aromatic N) is 2. The zero-order valence-electron chi connectivity index (χ0n) is 10.3. The molecule has 0 spiro atoms. The zero-order valence-corrected chi connectivity index (χ0v) is 10.3. The lowest BCUT2D eigenvalue weighted by Crippen LogP contribution is -2.17. The molecular formula is C14H18N2O. The van der Waals surface area contributed by atoms with E-state index in [-0.39, 0.29) is 5.92 Å². The van der Waals surface area contributed by atoms with Crippen LogP contribution in [0.5, 0.6) is 0 Å². The SMILES string of the molecule is CC(C)(O)c1ccc(C(C#N)CC2CC2)cn1. The van der Waals surface area contributed by atoms with Gasteiger partial charge in [-0.15, -0.1) is 0 Å². The van der Waals surface area contributed by atoms with Gasteiger partial charge in [-0.3, -0.25) is 4.98 Å². The van der Waals surface area contributed by atoms with Crippen molar-refractivity contribution >= 4 is 0 Å².